The molecule has 2 aromatic rings. The van der Waals surface area contributed by atoms with Gasteiger partial charge in [0.05, 0.1) is 11.1 Å². The largest absolute Gasteiger partial charge is 0.459 e. The Morgan fingerprint density at radius 2 is 1.55 bits per heavy atom. The number of benzene rings is 2. The van der Waals surface area contributed by atoms with E-state index in [4.69, 9.17) is 4.74 Å². The van der Waals surface area contributed by atoms with Gasteiger partial charge in [0.25, 0.3) is 17.7 Å². The molecule has 0 unspecified atom stereocenters. The number of thioether (sulfide) groups is 1. The number of imide groups is 1. The number of carbonyl (C=O) groups is 4. The summed E-state index contributed by atoms with van der Waals surface area (Å²) in [4.78, 5) is 54.2. The van der Waals surface area contributed by atoms with Gasteiger partial charge in [-0.3, -0.25) is 19.3 Å². The van der Waals surface area contributed by atoms with E-state index in [1.807, 2.05) is 44.2 Å². The molecule has 2 aromatic carbocycles. The number of hydrogen-bond donors (Lipinski definition) is 0. The van der Waals surface area contributed by atoms with Crippen molar-refractivity contribution in [3.8, 4) is 0 Å². The Hall–Kier alpha value is -3.13. The second-order valence-electron chi connectivity index (χ2n) is 8.32. The molecule has 0 saturated carbocycles. The van der Waals surface area contributed by atoms with Gasteiger partial charge in [0.15, 0.2) is 0 Å². The monoisotopic (exact) mass is 436 g/mol. The van der Waals surface area contributed by atoms with E-state index in [9.17, 15) is 19.2 Å². The SMILES string of the molecule is CC1(C)S[C@H]2[C@@H](N3C(=O)c4ccccc4C3=O)C(=O)N2[C@H]1C(=O)OCc1ccccc1. The lowest BCUT2D eigenvalue weighted by atomic mass is 9.95. The van der Waals surface area contributed by atoms with E-state index in [0.29, 0.717) is 11.1 Å². The fourth-order valence-electron chi connectivity index (χ4n) is 4.48. The van der Waals surface area contributed by atoms with Crippen LogP contribution in [0.4, 0.5) is 0 Å². The van der Waals surface area contributed by atoms with Crippen LogP contribution in [0.2, 0.25) is 0 Å². The molecule has 0 radical (unpaired) electrons. The molecule has 3 aliphatic rings. The van der Waals surface area contributed by atoms with Gasteiger partial charge in [0, 0.05) is 4.75 Å². The summed E-state index contributed by atoms with van der Waals surface area (Å²) >= 11 is 1.42. The molecule has 0 spiro atoms. The Morgan fingerprint density at radius 3 is 2.16 bits per heavy atom. The number of hydrogen-bond acceptors (Lipinski definition) is 6. The normalized spacial score (nSPS) is 25.9. The standard InChI is InChI=1S/C23H20N2O5S/c1-23(2)17(22(29)30-12-13-8-4-3-5-9-13)25-20(28)16(21(25)31-23)24-18(26)14-10-6-7-11-15(14)19(24)27/h3-11,16-17,21H,12H2,1-2H3/t16-,17-,21-/m0/s1. The van der Waals surface area contributed by atoms with Crippen molar-refractivity contribution in [2.45, 2.75) is 42.7 Å². The average Bonchev–Trinajstić information content (AvgIpc) is 3.16. The number of fused-ring (bicyclic) bond motifs is 2. The van der Waals surface area contributed by atoms with Crippen molar-refractivity contribution >= 4 is 35.5 Å². The zero-order valence-electron chi connectivity index (χ0n) is 17.0. The van der Waals surface area contributed by atoms with Crippen molar-refractivity contribution in [1.29, 1.82) is 0 Å². The van der Waals surface area contributed by atoms with E-state index in [0.717, 1.165) is 10.5 Å². The van der Waals surface area contributed by atoms with Gasteiger partial charge in [-0.15, -0.1) is 11.8 Å². The van der Waals surface area contributed by atoms with Crippen LogP contribution in [0.5, 0.6) is 0 Å². The lowest BCUT2D eigenvalue weighted by Crippen LogP contribution is -2.71. The number of β-lactam (4-membered cyclic amide) rings is 1. The van der Waals surface area contributed by atoms with E-state index in [2.05, 4.69) is 0 Å². The van der Waals surface area contributed by atoms with Crippen LogP contribution in [0.3, 0.4) is 0 Å². The zero-order valence-corrected chi connectivity index (χ0v) is 17.8. The first kappa shape index (κ1) is 19.8. The molecule has 3 aliphatic heterocycles. The van der Waals surface area contributed by atoms with Crippen molar-refractivity contribution in [2.75, 3.05) is 0 Å². The first-order valence-electron chi connectivity index (χ1n) is 9.99. The number of carbonyl (C=O) groups excluding carboxylic acids is 4. The van der Waals surface area contributed by atoms with Crippen molar-refractivity contribution in [2.24, 2.45) is 0 Å². The van der Waals surface area contributed by atoms with E-state index in [1.54, 1.807) is 24.3 Å². The summed E-state index contributed by atoms with van der Waals surface area (Å²) in [7, 11) is 0. The summed E-state index contributed by atoms with van der Waals surface area (Å²) < 4.78 is 4.89. The smallest absolute Gasteiger partial charge is 0.330 e. The molecular formula is C23H20N2O5S. The maximum Gasteiger partial charge on any atom is 0.330 e. The Labute approximate surface area is 183 Å². The fraction of sp³-hybridized carbons (Fsp3) is 0.304. The van der Waals surface area contributed by atoms with Crippen molar-refractivity contribution in [3.63, 3.8) is 0 Å². The molecule has 3 heterocycles. The lowest BCUT2D eigenvalue weighted by molar-refractivity contribution is -0.166. The molecule has 31 heavy (non-hydrogen) atoms. The maximum absolute atomic E-state index is 13.1. The first-order valence-corrected chi connectivity index (χ1v) is 10.9. The minimum Gasteiger partial charge on any atom is -0.459 e. The molecule has 158 valence electrons. The molecule has 0 aromatic heterocycles. The minimum absolute atomic E-state index is 0.117. The van der Waals surface area contributed by atoms with Crippen LogP contribution in [-0.4, -0.2) is 55.7 Å². The summed E-state index contributed by atoms with van der Waals surface area (Å²) in [5, 5.41) is -0.473. The van der Waals surface area contributed by atoms with Crippen LogP contribution >= 0.6 is 11.8 Å². The second kappa shape index (κ2) is 6.95. The van der Waals surface area contributed by atoms with E-state index in [1.165, 1.54) is 16.7 Å². The predicted molar refractivity (Wildman–Crippen MR) is 113 cm³/mol. The Bertz CT molecular complexity index is 1080. The summed E-state index contributed by atoms with van der Waals surface area (Å²) in [6, 6.07) is 14.2. The third-order valence-corrected chi connectivity index (χ3v) is 7.52. The first-order chi connectivity index (χ1) is 14.8. The molecule has 0 aliphatic carbocycles. The van der Waals surface area contributed by atoms with Crippen molar-refractivity contribution < 1.29 is 23.9 Å². The molecule has 0 N–H and O–H groups in total. The quantitative estimate of drug-likeness (QED) is 0.416. The van der Waals surface area contributed by atoms with Gasteiger partial charge in [-0.25, -0.2) is 4.79 Å². The highest BCUT2D eigenvalue weighted by Crippen LogP contribution is 2.53. The molecule has 3 atom stereocenters. The highest BCUT2D eigenvalue weighted by molar-refractivity contribution is 8.01. The van der Waals surface area contributed by atoms with Gasteiger partial charge < -0.3 is 9.64 Å². The molecule has 5 rings (SSSR count). The van der Waals surface area contributed by atoms with E-state index < -0.39 is 45.9 Å². The number of rotatable bonds is 4. The van der Waals surface area contributed by atoms with Crippen LogP contribution in [0.15, 0.2) is 54.6 Å². The number of amides is 3. The Balaban J connectivity index is 1.36. The summed E-state index contributed by atoms with van der Waals surface area (Å²) in [6.45, 7) is 3.86. The molecule has 3 amide bonds. The van der Waals surface area contributed by atoms with Gasteiger partial charge in [0.1, 0.15) is 24.1 Å². The highest BCUT2D eigenvalue weighted by atomic mass is 32.2. The molecule has 2 fully saturated rings. The minimum atomic E-state index is -0.913. The predicted octanol–water partition coefficient (Wildman–Crippen LogP) is 2.46. The third kappa shape index (κ3) is 2.89. The van der Waals surface area contributed by atoms with Gasteiger partial charge in [-0.2, -0.15) is 0 Å². The molecule has 7 nitrogen and oxygen atoms in total. The average molecular weight is 436 g/mol. The van der Waals surface area contributed by atoms with Crippen molar-refractivity contribution in [3.05, 3.63) is 71.3 Å². The van der Waals surface area contributed by atoms with Gasteiger partial charge >= 0.3 is 5.97 Å². The molecule has 8 heteroatoms. The topological polar surface area (TPSA) is 84.0 Å². The lowest BCUT2D eigenvalue weighted by Gasteiger charge is -2.46. The summed E-state index contributed by atoms with van der Waals surface area (Å²) in [6.07, 6.45) is 0. The van der Waals surface area contributed by atoms with Gasteiger partial charge in [-0.05, 0) is 31.5 Å². The van der Waals surface area contributed by atoms with Crippen LogP contribution in [0.25, 0.3) is 0 Å². The van der Waals surface area contributed by atoms with Gasteiger partial charge in [0.2, 0.25) is 0 Å². The summed E-state index contributed by atoms with van der Waals surface area (Å²) in [5.41, 5.74) is 1.47. The Morgan fingerprint density at radius 1 is 0.968 bits per heavy atom. The third-order valence-electron chi connectivity index (χ3n) is 5.96. The second-order valence-corrected chi connectivity index (χ2v) is 10.1. The Kier molecular flexibility index (Phi) is 4.44. The maximum atomic E-state index is 13.1. The van der Waals surface area contributed by atoms with E-state index in [-0.39, 0.29) is 6.61 Å². The molecular weight excluding hydrogens is 416 g/mol. The number of nitrogens with zero attached hydrogens (tertiary/aromatic N) is 2. The number of ether oxygens (including phenoxy) is 1. The van der Waals surface area contributed by atoms with Crippen LogP contribution in [0.1, 0.15) is 40.1 Å². The van der Waals surface area contributed by atoms with Crippen LogP contribution < -0.4 is 0 Å². The summed E-state index contributed by atoms with van der Waals surface area (Å²) in [5.74, 6) is -1.82. The van der Waals surface area contributed by atoms with E-state index >= 15 is 0 Å². The van der Waals surface area contributed by atoms with Crippen LogP contribution in [0, 0.1) is 0 Å². The number of esters is 1. The van der Waals surface area contributed by atoms with Crippen molar-refractivity contribution in [1.82, 2.24) is 9.80 Å². The van der Waals surface area contributed by atoms with Crippen LogP contribution in [-0.2, 0) is 20.9 Å². The molecule has 2 saturated heterocycles. The van der Waals surface area contributed by atoms with Gasteiger partial charge in [-0.1, -0.05) is 42.5 Å². The fourth-order valence-corrected chi connectivity index (χ4v) is 6.15. The molecule has 0 bridgehead atoms. The zero-order chi connectivity index (χ0) is 21.9. The highest BCUT2D eigenvalue weighted by Gasteiger charge is 2.67.